The Hall–Kier alpha value is -4.03. The number of halogens is 1. The van der Waals surface area contributed by atoms with E-state index in [0.29, 0.717) is 16.3 Å². The van der Waals surface area contributed by atoms with E-state index in [0.717, 1.165) is 33.2 Å². The number of hydrogen-bond donors (Lipinski definition) is 2. The second-order valence-corrected chi connectivity index (χ2v) is 8.48. The molecule has 4 aromatic rings. The Kier molecular flexibility index (Phi) is 6.94. The SMILES string of the molecule is COc1cc(C=CC(=O)Nc2cnc3cc(C)c(C)cc3c2-c2ccccc2Cl)cc(OC)c1O. The number of benzene rings is 3. The summed E-state index contributed by atoms with van der Waals surface area (Å²) >= 11 is 6.56. The van der Waals surface area contributed by atoms with Crippen molar-refractivity contribution in [2.45, 2.75) is 13.8 Å². The van der Waals surface area contributed by atoms with Crippen LogP contribution in [0.25, 0.3) is 28.1 Å². The van der Waals surface area contributed by atoms with Crippen LogP contribution in [0.5, 0.6) is 17.2 Å². The number of pyridine rings is 1. The number of methoxy groups -OCH3 is 2. The first kappa shape index (κ1) is 24.1. The molecule has 0 unspecified atom stereocenters. The lowest BCUT2D eigenvalue weighted by atomic mass is 9.96. The Morgan fingerprint density at radius 1 is 1.03 bits per heavy atom. The lowest BCUT2D eigenvalue weighted by Crippen LogP contribution is -2.09. The number of amides is 1. The number of carbonyl (C=O) groups excluding carboxylic acids is 1. The number of aromatic hydroxyl groups is 1. The number of hydrogen-bond acceptors (Lipinski definition) is 5. The predicted octanol–water partition coefficient (Wildman–Crippen LogP) is 6.55. The molecule has 0 fully saturated rings. The van der Waals surface area contributed by atoms with E-state index in [4.69, 9.17) is 21.1 Å². The van der Waals surface area contributed by atoms with Gasteiger partial charge in [0.2, 0.25) is 11.7 Å². The number of rotatable bonds is 6. The zero-order chi connectivity index (χ0) is 25.1. The summed E-state index contributed by atoms with van der Waals surface area (Å²) in [5, 5.41) is 14.5. The molecule has 178 valence electrons. The maximum atomic E-state index is 12.9. The quantitative estimate of drug-likeness (QED) is 0.301. The number of nitrogens with one attached hydrogen (secondary N) is 1. The maximum Gasteiger partial charge on any atom is 0.248 e. The van der Waals surface area contributed by atoms with Gasteiger partial charge >= 0.3 is 0 Å². The number of aromatic nitrogens is 1. The zero-order valence-electron chi connectivity index (χ0n) is 19.8. The summed E-state index contributed by atoms with van der Waals surface area (Å²) < 4.78 is 10.4. The average molecular weight is 489 g/mol. The fraction of sp³-hybridized carbons (Fsp3) is 0.143. The molecule has 0 aliphatic heterocycles. The van der Waals surface area contributed by atoms with E-state index >= 15 is 0 Å². The minimum Gasteiger partial charge on any atom is -0.502 e. The van der Waals surface area contributed by atoms with E-state index in [9.17, 15) is 9.90 Å². The molecule has 0 aliphatic carbocycles. The standard InChI is InChI=1S/C28H25ClN2O4/c1-16-11-20-22(12-17(16)2)30-15-23(27(20)19-7-5-6-8-21(19)29)31-26(32)10-9-18-13-24(34-3)28(33)25(14-18)35-4/h5-15,33H,1-4H3,(H,31,32). The zero-order valence-corrected chi connectivity index (χ0v) is 20.6. The molecule has 0 atom stereocenters. The van der Waals surface area contributed by atoms with Gasteiger partial charge < -0.3 is 19.9 Å². The molecule has 1 heterocycles. The van der Waals surface area contributed by atoms with Gasteiger partial charge in [-0.15, -0.1) is 0 Å². The minimum atomic E-state index is -0.353. The van der Waals surface area contributed by atoms with Gasteiger partial charge in [-0.3, -0.25) is 9.78 Å². The number of aryl methyl sites for hydroxylation is 2. The van der Waals surface area contributed by atoms with Crippen molar-refractivity contribution in [3.05, 3.63) is 82.5 Å². The molecule has 0 aliphatic rings. The first-order valence-corrected chi connectivity index (χ1v) is 11.3. The molecular formula is C28H25ClN2O4. The molecule has 0 saturated heterocycles. The monoisotopic (exact) mass is 488 g/mol. The lowest BCUT2D eigenvalue weighted by Gasteiger charge is -2.16. The third-order valence-corrected chi connectivity index (χ3v) is 6.14. The molecule has 0 spiro atoms. The molecule has 2 N–H and O–H groups in total. The molecule has 1 aromatic heterocycles. The van der Waals surface area contributed by atoms with Gasteiger partial charge in [-0.25, -0.2) is 0 Å². The normalized spacial score (nSPS) is 11.1. The Balaban J connectivity index is 1.74. The summed E-state index contributed by atoms with van der Waals surface area (Å²) in [5.41, 5.74) is 5.85. The van der Waals surface area contributed by atoms with Gasteiger partial charge in [0.1, 0.15) is 0 Å². The summed E-state index contributed by atoms with van der Waals surface area (Å²) in [6.45, 7) is 4.08. The summed E-state index contributed by atoms with van der Waals surface area (Å²) in [5.74, 6) is 0.0349. The smallest absolute Gasteiger partial charge is 0.248 e. The van der Waals surface area contributed by atoms with Crippen LogP contribution >= 0.6 is 11.6 Å². The number of carbonyl (C=O) groups is 1. The summed E-state index contributed by atoms with van der Waals surface area (Å²) in [4.78, 5) is 17.5. The van der Waals surface area contributed by atoms with Crippen molar-refractivity contribution in [2.24, 2.45) is 0 Å². The van der Waals surface area contributed by atoms with Gasteiger partial charge in [0, 0.05) is 27.6 Å². The Labute approximate surface area is 208 Å². The summed E-state index contributed by atoms with van der Waals surface area (Å²) in [6.07, 6.45) is 4.65. The fourth-order valence-corrected chi connectivity index (χ4v) is 4.09. The second-order valence-electron chi connectivity index (χ2n) is 8.08. The van der Waals surface area contributed by atoms with Crippen molar-refractivity contribution < 1.29 is 19.4 Å². The third-order valence-electron chi connectivity index (χ3n) is 5.81. The van der Waals surface area contributed by atoms with Crippen LogP contribution in [0.3, 0.4) is 0 Å². The molecule has 0 saturated carbocycles. The van der Waals surface area contributed by atoms with Gasteiger partial charge in [-0.1, -0.05) is 29.8 Å². The number of anilines is 1. The van der Waals surface area contributed by atoms with Crippen LogP contribution in [-0.4, -0.2) is 30.2 Å². The van der Waals surface area contributed by atoms with Crippen molar-refractivity contribution in [1.29, 1.82) is 0 Å². The van der Waals surface area contributed by atoms with Crippen LogP contribution in [0.4, 0.5) is 5.69 Å². The first-order valence-electron chi connectivity index (χ1n) is 10.9. The number of phenols is 1. The van der Waals surface area contributed by atoms with Crippen molar-refractivity contribution in [2.75, 3.05) is 19.5 Å². The van der Waals surface area contributed by atoms with Gasteiger partial charge in [0.05, 0.1) is 31.6 Å². The van der Waals surface area contributed by atoms with Crippen LogP contribution in [0.15, 0.2) is 60.8 Å². The topological polar surface area (TPSA) is 80.7 Å². The van der Waals surface area contributed by atoms with Gasteiger partial charge in [-0.2, -0.15) is 0 Å². The molecular weight excluding hydrogens is 464 g/mol. The van der Waals surface area contributed by atoms with Gasteiger partial charge in [-0.05, 0) is 66.9 Å². The van der Waals surface area contributed by atoms with E-state index in [2.05, 4.69) is 16.4 Å². The Bertz CT molecular complexity index is 1440. The minimum absolute atomic E-state index is 0.103. The average Bonchev–Trinajstić information content (AvgIpc) is 2.85. The number of phenolic OH excluding ortho intramolecular Hbond substituents is 1. The molecule has 1 amide bonds. The fourth-order valence-electron chi connectivity index (χ4n) is 3.86. The molecule has 6 nitrogen and oxygen atoms in total. The summed E-state index contributed by atoms with van der Waals surface area (Å²) in [7, 11) is 2.89. The van der Waals surface area contributed by atoms with Gasteiger partial charge in [0.25, 0.3) is 0 Å². The van der Waals surface area contributed by atoms with Crippen LogP contribution in [0.2, 0.25) is 5.02 Å². The van der Waals surface area contributed by atoms with E-state index in [1.807, 2.05) is 44.2 Å². The Morgan fingerprint density at radius 2 is 1.69 bits per heavy atom. The molecule has 0 radical (unpaired) electrons. The Morgan fingerprint density at radius 3 is 2.34 bits per heavy atom. The van der Waals surface area contributed by atoms with Crippen LogP contribution in [-0.2, 0) is 4.79 Å². The van der Waals surface area contributed by atoms with Crippen LogP contribution in [0, 0.1) is 13.8 Å². The van der Waals surface area contributed by atoms with E-state index in [1.54, 1.807) is 24.4 Å². The highest BCUT2D eigenvalue weighted by Gasteiger charge is 2.16. The maximum absolute atomic E-state index is 12.9. The van der Waals surface area contributed by atoms with E-state index in [1.165, 1.54) is 20.3 Å². The van der Waals surface area contributed by atoms with Crippen LogP contribution < -0.4 is 14.8 Å². The van der Waals surface area contributed by atoms with E-state index in [-0.39, 0.29) is 23.2 Å². The largest absolute Gasteiger partial charge is 0.502 e. The van der Waals surface area contributed by atoms with Crippen molar-refractivity contribution in [1.82, 2.24) is 4.98 Å². The first-order chi connectivity index (χ1) is 16.8. The molecule has 4 rings (SSSR count). The number of ether oxygens (including phenoxy) is 2. The molecule has 0 bridgehead atoms. The number of nitrogens with zero attached hydrogens (tertiary/aromatic N) is 1. The summed E-state index contributed by atoms with van der Waals surface area (Å²) in [6, 6.07) is 14.8. The highest BCUT2D eigenvalue weighted by atomic mass is 35.5. The predicted molar refractivity (Wildman–Crippen MR) is 141 cm³/mol. The van der Waals surface area contributed by atoms with E-state index < -0.39 is 0 Å². The van der Waals surface area contributed by atoms with Crippen molar-refractivity contribution >= 4 is 40.2 Å². The highest BCUT2D eigenvalue weighted by molar-refractivity contribution is 6.34. The third kappa shape index (κ3) is 4.93. The van der Waals surface area contributed by atoms with Crippen molar-refractivity contribution in [3.63, 3.8) is 0 Å². The molecule has 3 aromatic carbocycles. The van der Waals surface area contributed by atoms with Gasteiger partial charge in [0.15, 0.2) is 11.5 Å². The molecule has 35 heavy (non-hydrogen) atoms. The van der Waals surface area contributed by atoms with Crippen molar-refractivity contribution in [3.8, 4) is 28.4 Å². The second kappa shape index (κ2) is 10.1. The van der Waals surface area contributed by atoms with Crippen LogP contribution in [0.1, 0.15) is 16.7 Å². The molecule has 7 heteroatoms. The number of fused-ring (bicyclic) bond motifs is 1. The lowest BCUT2D eigenvalue weighted by molar-refractivity contribution is -0.111. The highest BCUT2D eigenvalue weighted by Crippen LogP contribution is 2.39.